The van der Waals surface area contributed by atoms with Crippen LogP contribution in [0.25, 0.3) is 0 Å². The van der Waals surface area contributed by atoms with Crippen LogP contribution in [0.2, 0.25) is 5.02 Å². The van der Waals surface area contributed by atoms with Gasteiger partial charge in [0, 0.05) is 22.1 Å². The Morgan fingerprint density at radius 3 is 2.85 bits per heavy atom. The predicted octanol–water partition coefficient (Wildman–Crippen LogP) is 4.71. The van der Waals surface area contributed by atoms with Crippen molar-refractivity contribution in [2.75, 3.05) is 13.7 Å². The van der Waals surface area contributed by atoms with Crippen molar-refractivity contribution >= 4 is 27.5 Å². The van der Waals surface area contributed by atoms with Gasteiger partial charge in [0.25, 0.3) is 0 Å². The maximum Gasteiger partial charge on any atom is 0.0686 e. The third-order valence-electron chi connectivity index (χ3n) is 4.88. The summed E-state index contributed by atoms with van der Waals surface area (Å²) in [6.45, 7) is 0.886. The van der Waals surface area contributed by atoms with Gasteiger partial charge in [0.15, 0.2) is 0 Å². The molecule has 0 bridgehead atoms. The fraction of sp³-hybridized carbons (Fsp3) is 0.625. The van der Waals surface area contributed by atoms with E-state index in [1.807, 2.05) is 13.1 Å². The van der Waals surface area contributed by atoms with E-state index >= 15 is 0 Å². The van der Waals surface area contributed by atoms with Gasteiger partial charge in [-0.25, -0.2) is 0 Å². The first-order valence-corrected chi connectivity index (χ1v) is 8.57. The Hall–Kier alpha value is -0.0900. The van der Waals surface area contributed by atoms with Crippen LogP contribution in [0.4, 0.5) is 0 Å². The molecule has 1 heterocycles. The normalized spacial score (nSPS) is 26.2. The van der Waals surface area contributed by atoms with Crippen molar-refractivity contribution in [3.63, 3.8) is 0 Å². The number of rotatable bonds is 3. The topological polar surface area (TPSA) is 21.3 Å². The van der Waals surface area contributed by atoms with E-state index in [0.29, 0.717) is 12.0 Å². The van der Waals surface area contributed by atoms with Gasteiger partial charge in [-0.1, -0.05) is 33.6 Å². The molecule has 0 aromatic heterocycles. The predicted molar refractivity (Wildman–Crippen MR) is 86.2 cm³/mol. The molecule has 1 aliphatic carbocycles. The van der Waals surface area contributed by atoms with Crippen LogP contribution in [0, 0.1) is 5.92 Å². The summed E-state index contributed by atoms with van der Waals surface area (Å²) in [6.07, 6.45) is 6.04. The molecule has 1 aromatic carbocycles. The van der Waals surface area contributed by atoms with Gasteiger partial charge in [-0.15, -0.1) is 0 Å². The van der Waals surface area contributed by atoms with Crippen LogP contribution in [-0.2, 0) is 4.74 Å². The van der Waals surface area contributed by atoms with Crippen molar-refractivity contribution in [1.29, 1.82) is 0 Å². The van der Waals surface area contributed by atoms with Gasteiger partial charge < -0.3 is 10.1 Å². The van der Waals surface area contributed by atoms with Gasteiger partial charge in [-0.3, -0.25) is 0 Å². The van der Waals surface area contributed by atoms with E-state index in [9.17, 15) is 0 Å². The lowest BCUT2D eigenvalue weighted by Crippen LogP contribution is -2.47. The molecular formula is C16H21BrClNO. The van der Waals surface area contributed by atoms with Crippen LogP contribution in [0.3, 0.4) is 0 Å². The first-order chi connectivity index (χ1) is 9.63. The molecule has 1 aromatic rings. The highest BCUT2D eigenvalue weighted by molar-refractivity contribution is 9.10. The minimum atomic E-state index is 0.180. The average Bonchev–Trinajstić information content (AvgIpc) is 2.40. The molecule has 2 aliphatic rings. The first-order valence-electron chi connectivity index (χ1n) is 7.40. The standard InChI is InChI=1S/C16H21BrClNO/c1-19-15(13-4-3-12(17)9-14(13)18)11-5-8-20-16(10-11)6-2-7-16/h3-4,9,11,15,19H,2,5-8,10H2,1H3. The molecule has 2 unspecified atom stereocenters. The zero-order valence-electron chi connectivity index (χ0n) is 11.8. The molecule has 0 radical (unpaired) electrons. The summed E-state index contributed by atoms with van der Waals surface area (Å²) in [5.74, 6) is 0.604. The molecule has 1 saturated carbocycles. The third-order valence-corrected chi connectivity index (χ3v) is 5.70. The number of hydrogen-bond acceptors (Lipinski definition) is 2. The van der Waals surface area contributed by atoms with E-state index in [-0.39, 0.29) is 5.60 Å². The van der Waals surface area contributed by atoms with Crippen molar-refractivity contribution in [3.8, 4) is 0 Å². The number of benzene rings is 1. The quantitative estimate of drug-likeness (QED) is 0.844. The lowest BCUT2D eigenvalue weighted by Gasteiger charge is -2.49. The summed E-state index contributed by atoms with van der Waals surface area (Å²) in [4.78, 5) is 0. The lowest BCUT2D eigenvalue weighted by atomic mass is 9.69. The van der Waals surface area contributed by atoms with E-state index in [1.165, 1.54) is 24.8 Å². The number of hydrogen-bond donors (Lipinski definition) is 1. The number of nitrogens with one attached hydrogen (secondary N) is 1. The van der Waals surface area contributed by atoms with Gasteiger partial charge in [-0.2, -0.15) is 0 Å². The summed E-state index contributed by atoms with van der Waals surface area (Å²) in [5.41, 5.74) is 1.39. The van der Waals surface area contributed by atoms with Gasteiger partial charge in [-0.05, 0) is 62.8 Å². The highest BCUT2D eigenvalue weighted by Crippen LogP contribution is 2.47. The fourth-order valence-electron chi connectivity index (χ4n) is 3.67. The minimum absolute atomic E-state index is 0.180. The Morgan fingerprint density at radius 2 is 2.25 bits per heavy atom. The van der Waals surface area contributed by atoms with E-state index in [0.717, 1.165) is 28.9 Å². The average molecular weight is 359 g/mol. The van der Waals surface area contributed by atoms with Gasteiger partial charge in [0.05, 0.1) is 5.60 Å². The van der Waals surface area contributed by atoms with Gasteiger partial charge in [0.1, 0.15) is 0 Å². The Bertz CT molecular complexity index is 489. The molecule has 2 atom stereocenters. The molecule has 1 aliphatic heterocycles. The molecule has 4 heteroatoms. The number of halogens is 2. The summed E-state index contributed by atoms with van der Waals surface area (Å²) >= 11 is 9.92. The molecule has 1 saturated heterocycles. The molecule has 110 valence electrons. The molecule has 2 fully saturated rings. The van der Waals surface area contributed by atoms with Gasteiger partial charge >= 0.3 is 0 Å². The van der Waals surface area contributed by atoms with Crippen LogP contribution in [0.15, 0.2) is 22.7 Å². The van der Waals surface area contributed by atoms with Crippen LogP contribution in [0.1, 0.15) is 43.7 Å². The molecule has 20 heavy (non-hydrogen) atoms. The summed E-state index contributed by atoms with van der Waals surface area (Å²) in [5, 5.41) is 4.32. The monoisotopic (exact) mass is 357 g/mol. The van der Waals surface area contributed by atoms with E-state index in [4.69, 9.17) is 16.3 Å². The Kier molecular flexibility index (Phi) is 4.42. The second-order valence-corrected chi connectivity index (χ2v) is 7.39. The SMILES string of the molecule is CNC(c1ccc(Br)cc1Cl)C1CCOC2(CCC2)C1. The smallest absolute Gasteiger partial charge is 0.0686 e. The zero-order valence-corrected chi connectivity index (χ0v) is 14.1. The Labute approximate surface area is 134 Å². The van der Waals surface area contributed by atoms with Crippen molar-refractivity contribution in [2.45, 2.75) is 43.7 Å². The highest BCUT2D eigenvalue weighted by atomic mass is 79.9. The molecule has 1 N–H and O–H groups in total. The largest absolute Gasteiger partial charge is 0.375 e. The maximum absolute atomic E-state index is 6.44. The Morgan fingerprint density at radius 1 is 1.45 bits per heavy atom. The molecule has 1 spiro atoms. The summed E-state index contributed by atoms with van der Waals surface area (Å²) < 4.78 is 7.07. The summed E-state index contributed by atoms with van der Waals surface area (Å²) in [6, 6.07) is 6.51. The first kappa shape index (κ1) is 14.8. The highest BCUT2D eigenvalue weighted by Gasteiger charge is 2.44. The van der Waals surface area contributed by atoms with Crippen molar-refractivity contribution in [1.82, 2.24) is 5.32 Å². The minimum Gasteiger partial charge on any atom is -0.375 e. The van der Waals surface area contributed by atoms with E-state index < -0.39 is 0 Å². The van der Waals surface area contributed by atoms with Crippen molar-refractivity contribution in [3.05, 3.63) is 33.3 Å². The second kappa shape index (κ2) is 5.96. The van der Waals surface area contributed by atoms with E-state index in [1.54, 1.807) is 0 Å². The molecule has 3 rings (SSSR count). The van der Waals surface area contributed by atoms with Crippen molar-refractivity contribution < 1.29 is 4.74 Å². The van der Waals surface area contributed by atoms with Crippen LogP contribution in [-0.4, -0.2) is 19.3 Å². The second-order valence-electron chi connectivity index (χ2n) is 6.07. The van der Waals surface area contributed by atoms with Crippen LogP contribution in [0.5, 0.6) is 0 Å². The molecule has 0 amide bonds. The number of ether oxygens (including phenoxy) is 1. The molecule has 2 nitrogen and oxygen atoms in total. The van der Waals surface area contributed by atoms with Crippen LogP contribution >= 0.6 is 27.5 Å². The fourth-order valence-corrected chi connectivity index (χ4v) is 4.46. The van der Waals surface area contributed by atoms with Gasteiger partial charge in [0.2, 0.25) is 0 Å². The Balaban J connectivity index is 1.81. The lowest BCUT2D eigenvalue weighted by molar-refractivity contribution is -0.147. The van der Waals surface area contributed by atoms with E-state index in [2.05, 4.69) is 33.4 Å². The zero-order chi connectivity index (χ0) is 14.2. The molecular weight excluding hydrogens is 338 g/mol. The van der Waals surface area contributed by atoms with Crippen LogP contribution < -0.4 is 5.32 Å². The maximum atomic E-state index is 6.44. The third kappa shape index (κ3) is 2.78. The van der Waals surface area contributed by atoms with Crippen molar-refractivity contribution in [2.24, 2.45) is 5.92 Å². The summed E-state index contributed by atoms with van der Waals surface area (Å²) in [7, 11) is 2.03.